The summed E-state index contributed by atoms with van der Waals surface area (Å²) in [6.45, 7) is 2.07. The molecule has 2 nitrogen and oxygen atoms in total. The third kappa shape index (κ3) is 1.07. The maximum atomic E-state index is 5.80. The molecule has 2 heterocycles. The van der Waals surface area contributed by atoms with Gasteiger partial charge in [-0.2, -0.15) is 0 Å². The lowest BCUT2D eigenvalue weighted by atomic mass is 9.89. The molecule has 2 aliphatic rings. The highest BCUT2D eigenvalue weighted by molar-refractivity contribution is 5.56. The summed E-state index contributed by atoms with van der Waals surface area (Å²) in [4.78, 5) is 2.35. The van der Waals surface area contributed by atoms with Crippen LogP contribution in [-0.4, -0.2) is 20.2 Å². The molecule has 0 radical (unpaired) electrons. The molecular weight excluding hydrogens is 174 g/mol. The van der Waals surface area contributed by atoms with Gasteiger partial charge in [0.2, 0.25) is 0 Å². The topological polar surface area (TPSA) is 12.5 Å². The lowest BCUT2D eigenvalue weighted by molar-refractivity contribution is 0.0891. The van der Waals surface area contributed by atoms with Gasteiger partial charge in [0.25, 0.3) is 0 Å². The van der Waals surface area contributed by atoms with Gasteiger partial charge < -0.3 is 9.64 Å². The number of hydrogen-bond donors (Lipinski definition) is 0. The maximum Gasteiger partial charge on any atom is 0.0890 e. The molecule has 14 heavy (non-hydrogen) atoms. The van der Waals surface area contributed by atoms with Crippen molar-refractivity contribution in [2.45, 2.75) is 12.5 Å². The first kappa shape index (κ1) is 8.30. The van der Waals surface area contributed by atoms with Crippen LogP contribution in [0.25, 0.3) is 0 Å². The second-order valence-corrected chi connectivity index (χ2v) is 4.28. The lowest BCUT2D eigenvalue weighted by Crippen LogP contribution is -2.33. The van der Waals surface area contributed by atoms with Crippen LogP contribution in [0.3, 0.4) is 0 Å². The van der Waals surface area contributed by atoms with Gasteiger partial charge >= 0.3 is 0 Å². The van der Waals surface area contributed by atoms with Gasteiger partial charge in [-0.25, -0.2) is 0 Å². The van der Waals surface area contributed by atoms with E-state index in [2.05, 4.69) is 36.2 Å². The molecule has 2 aliphatic heterocycles. The number of anilines is 1. The molecule has 0 N–H and O–H groups in total. The fourth-order valence-electron chi connectivity index (χ4n) is 2.69. The molecule has 3 rings (SSSR count). The van der Waals surface area contributed by atoms with E-state index in [0.29, 0.717) is 12.0 Å². The van der Waals surface area contributed by atoms with Gasteiger partial charge in [0, 0.05) is 37.4 Å². The highest BCUT2D eigenvalue weighted by atomic mass is 16.5. The van der Waals surface area contributed by atoms with Crippen LogP contribution in [0.15, 0.2) is 24.3 Å². The second-order valence-electron chi connectivity index (χ2n) is 4.28. The molecule has 0 amide bonds. The van der Waals surface area contributed by atoms with Crippen LogP contribution in [0.5, 0.6) is 0 Å². The Labute approximate surface area is 84.5 Å². The van der Waals surface area contributed by atoms with Gasteiger partial charge in [-0.15, -0.1) is 0 Å². The molecule has 1 fully saturated rings. The number of rotatable bonds is 0. The Hall–Kier alpha value is -1.02. The van der Waals surface area contributed by atoms with Crippen LogP contribution in [0.4, 0.5) is 5.69 Å². The minimum Gasteiger partial charge on any atom is -0.374 e. The van der Waals surface area contributed by atoms with Gasteiger partial charge in [0.15, 0.2) is 0 Å². The molecule has 74 valence electrons. The molecule has 0 aromatic heterocycles. The summed E-state index contributed by atoms with van der Waals surface area (Å²) in [6.07, 6.45) is 1.57. The fraction of sp³-hybridized carbons (Fsp3) is 0.500. The first-order valence-electron chi connectivity index (χ1n) is 5.28. The number of hydrogen-bond acceptors (Lipinski definition) is 2. The summed E-state index contributed by atoms with van der Waals surface area (Å²) >= 11 is 0. The van der Waals surface area contributed by atoms with E-state index in [1.807, 2.05) is 0 Å². The Kier molecular flexibility index (Phi) is 1.77. The Morgan fingerprint density at radius 3 is 3.14 bits per heavy atom. The molecule has 0 saturated carbocycles. The van der Waals surface area contributed by atoms with Gasteiger partial charge in [0.05, 0.1) is 6.10 Å². The third-order valence-electron chi connectivity index (χ3n) is 3.38. The number of fused-ring (bicyclic) bond motifs is 3. The minimum atomic E-state index is 0.363. The van der Waals surface area contributed by atoms with E-state index < -0.39 is 0 Å². The van der Waals surface area contributed by atoms with Crippen LogP contribution >= 0.6 is 0 Å². The van der Waals surface area contributed by atoms with E-state index in [1.165, 1.54) is 17.7 Å². The zero-order valence-electron chi connectivity index (χ0n) is 8.44. The van der Waals surface area contributed by atoms with E-state index in [4.69, 9.17) is 4.74 Å². The van der Waals surface area contributed by atoms with Gasteiger partial charge in [-0.3, -0.25) is 0 Å². The smallest absolute Gasteiger partial charge is 0.0890 e. The predicted octanol–water partition coefficient (Wildman–Crippen LogP) is 2.21. The molecular formula is C12H15NO. The van der Waals surface area contributed by atoms with Crippen LogP contribution in [0.1, 0.15) is 18.1 Å². The van der Waals surface area contributed by atoms with E-state index in [0.717, 1.165) is 13.2 Å². The van der Waals surface area contributed by atoms with Gasteiger partial charge in [-0.05, 0) is 12.5 Å². The Balaban J connectivity index is 2.09. The van der Waals surface area contributed by atoms with Crippen LogP contribution in [0, 0.1) is 5.92 Å². The molecule has 0 spiro atoms. The quantitative estimate of drug-likeness (QED) is 0.620. The highest BCUT2D eigenvalue weighted by Gasteiger charge is 2.36. The molecule has 0 aliphatic carbocycles. The van der Waals surface area contributed by atoms with Crippen molar-refractivity contribution in [1.82, 2.24) is 0 Å². The van der Waals surface area contributed by atoms with Crippen molar-refractivity contribution in [2.24, 2.45) is 5.92 Å². The number of para-hydroxylation sites is 1. The zero-order chi connectivity index (χ0) is 9.54. The van der Waals surface area contributed by atoms with Crippen LogP contribution in [0.2, 0.25) is 0 Å². The molecule has 0 bridgehead atoms. The van der Waals surface area contributed by atoms with Gasteiger partial charge in [-0.1, -0.05) is 18.2 Å². The Bertz CT molecular complexity index is 350. The van der Waals surface area contributed by atoms with E-state index in [-0.39, 0.29) is 0 Å². The average Bonchev–Trinajstić information content (AvgIpc) is 2.66. The monoisotopic (exact) mass is 189 g/mol. The maximum absolute atomic E-state index is 5.80. The molecule has 1 aromatic carbocycles. The Morgan fingerprint density at radius 1 is 1.36 bits per heavy atom. The lowest BCUT2D eigenvalue weighted by Gasteiger charge is -2.34. The number of benzene rings is 1. The number of ether oxygens (including phenoxy) is 1. The standard InChI is InChI=1S/C12H15NO/c1-13-8-9-6-7-14-12(9)10-4-2-3-5-11(10)13/h2-5,9,12H,6-8H2,1H3/t9-,12-/m0/s1. The average molecular weight is 189 g/mol. The van der Waals surface area contributed by atoms with E-state index >= 15 is 0 Å². The van der Waals surface area contributed by atoms with E-state index in [9.17, 15) is 0 Å². The highest BCUT2D eigenvalue weighted by Crippen LogP contribution is 2.43. The van der Waals surface area contributed by atoms with Gasteiger partial charge in [0.1, 0.15) is 0 Å². The fourth-order valence-corrected chi connectivity index (χ4v) is 2.69. The van der Waals surface area contributed by atoms with Crippen molar-refractivity contribution in [2.75, 3.05) is 25.1 Å². The van der Waals surface area contributed by atoms with Crippen molar-refractivity contribution in [3.8, 4) is 0 Å². The Morgan fingerprint density at radius 2 is 2.21 bits per heavy atom. The molecule has 2 atom stereocenters. The molecule has 1 saturated heterocycles. The van der Waals surface area contributed by atoms with Crippen molar-refractivity contribution < 1.29 is 4.74 Å². The summed E-state index contributed by atoms with van der Waals surface area (Å²) in [5, 5.41) is 0. The molecule has 2 heteroatoms. The normalized spacial score (nSPS) is 29.9. The summed E-state index contributed by atoms with van der Waals surface area (Å²) in [5.41, 5.74) is 2.72. The summed E-state index contributed by atoms with van der Waals surface area (Å²) in [5.74, 6) is 0.704. The molecule has 1 aromatic rings. The predicted molar refractivity (Wildman–Crippen MR) is 56.5 cm³/mol. The minimum absolute atomic E-state index is 0.363. The van der Waals surface area contributed by atoms with Crippen molar-refractivity contribution >= 4 is 5.69 Å². The first-order valence-corrected chi connectivity index (χ1v) is 5.28. The van der Waals surface area contributed by atoms with E-state index in [1.54, 1.807) is 0 Å². The van der Waals surface area contributed by atoms with Crippen molar-refractivity contribution in [3.05, 3.63) is 29.8 Å². The first-order chi connectivity index (χ1) is 6.86. The van der Waals surface area contributed by atoms with Crippen molar-refractivity contribution in [3.63, 3.8) is 0 Å². The second kappa shape index (κ2) is 2.99. The summed E-state index contributed by atoms with van der Waals surface area (Å²) < 4.78 is 5.80. The summed E-state index contributed by atoms with van der Waals surface area (Å²) in [7, 11) is 2.17. The van der Waals surface area contributed by atoms with Crippen LogP contribution < -0.4 is 4.90 Å². The van der Waals surface area contributed by atoms with Crippen molar-refractivity contribution in [1.29, 1.82) is 0 Å². The third-order valence-corrected chi connectivity index (χ3v) is 3.38. The number of nitrogens with zero attached hydrogens (tertiary/aromatic N) is 1. The zero-order valence-corrected chi connectivity index (χ0v) is 8.44. The largest absolute Gasteiger partial charge is 0.374 e. The molecule has 0 unspecified atom stereocenters. The SMILES string of the molecule is CN1C[C@@H]2CCO[C@@H]2c2ccccc21. The van der Waals surface area contributed by atoms with Crippen LogP contribution in [-0.2, 0) is 4.74 Å². The summed E-state index contributed by atoms with van der Waals surface area (Å²) in [6, 6.07) is 8.60.